The minimum Gasteiger partial charge on any atom is -0.480 e. The first-order chi connectivity index (χ1) is 7.95. The number of hydrogen-bond donors (Lipinski definition) is 1. The van der Waals surface area contributed by atoms with Crippen molar-refractivity contribution < 1.29 is 14.6 Å². The smallest absolute Gasteiger partial charge is 0.326 e. The summed E-state index contributed by atoms with van der Waals surface area (Å²) >= 11 is 0. The van der Waals surface area contributed by atoms with Crippen LogP contribution in [0.4, 0.5) is 5.82 Å². The molecule has 1 heterocycles. The molecule has 1 aromatic heterocycles. The van der Waals surface area contributed by atoms with Crippen molar-refractivity contribution >= 4 is 11.8 Å². The number of rotatable bonds is 5. The molecule has 1 unspecified atom stereocenters. The Kier molecular flexibility index (Phi) is 4.39. The van der Waals surface area contributed by atoms with Gasteiger partial charge in [-0.3, -0.25) is 0 Å². The van der Waals surface area contributed by atoms with Gasteiger partial charge in [-0.05, 0) is 13.8 Å². The third kappa shape index (κ3) is 3.39. The van der Waals surface area contributed by atoms with Crippen molar-refractivity contribution in [2.24, 2.45) is 0 Å². The van der Waals surface area contributed by atoms with Gasteiger partial charge >= 0.3 is 5.97 Å². The molecule has 1 N–H and O–H groups in total. The highest BCUT2D eigenvalue weighted by Gasteiger charge is 2.18. The van der Waals surface area contributed by atoms with Crippen LogP contribution in [0.3, 0.4) is 0 Å². The van der Waals surface area contributed by atoms with Crippen molar-refractivity contribution in [3.8, 4) is 0 Å². The standard InChI is InChI=1S/C11H17N3O3/c1-7-5-10(13-9(12-7)6-17-4)14(3)8(2)11(15)16/h5,8H,6H2,1-4H3,(H,15,16). The molecule has 0 aliphatic carbocycles. The summed E-state index contributed by atoms with van der Waals surface area (Å²) < 4.78 is 4.97. The van der Waals surface area contributed by atoms with Crippen molar-refractivity contribution in [3.63, 3.8) is 0 Å². The minimum atomic E-state index is -0.892. The van der Waals surface area contributed by atoms with Crippen molar-refractivity contribution in [1.82, 2.24) is 9.97 Å². The predicted molar refractivity (Wildman–Crippen MR) is 63.0 cm³/mol. The van der Waals surface area contributed by atoms with Crippen LogP contribution in [0.5, 0.6) is 0 Å². The predicted octanol–water partition coefficient (Wildman–Crippen LogP) is 0.841. The Balaban J connectivity index is 3.00. The highest BCUT2D eigenvalue weighted by Crippen LogP contribution is 2.14. The van der Waals surface area contributed by atoms with Gasteiger partial charge in [0.15, 0.2) is 5.82 Å². The number of ether oxygens (including phenoxy) is 1. The van der Waals surface area contributed by atoms with Crippen LogP contribution in [-0.2, 0) is 16.1 Å². The van der Waals surface area contributed by atoms with Gasteiger partial charge in [0.05, 0.1) is 0 Å². The molecule has 94 valence electrons. The summed E-state index contributed by atoms with van der Waals surface area (Å²) in [7, 11) is 3.26. The zero-order chi connectivity index (χ0) is 13.0. The Labute approximate surface area is 100 Å². The van der Waals surface area contributed by atoms with Crippen molar-refractivity contribution in [2.45, 2.75) is 26.5 Å². The zero-order valence-corrected chi connectivity index (χ0v) is 10.5. The molecule has 1 rings (SSSR count). The van der Waals surface area contributed by atoms with Crippen LogP contribution in [0.25, 0.3) is 0 Å². The summed E-state index contributed by atoms with van der Waals surface area (Å²) in [5.41, 5.74) is 0.784. The van der Waals surface area contributed by atoms with E-state index in [9.17, 15) is 4.79 Å². The molecule has 0 radical (unpaired) electrons. The normalized spacial score (nSPS) is 12.2. The second-order valence-corrected chi connectivity index (χ2v) is 3.84. The molecule has 1 aromatic rings. The van der Waals surface area contributed by atoms with E-state index in [1.165, 1.54) is 0 Å². The number of carboxylic acid groups (broad SMARTS) is 1. The van der Waals surface area contributed by atoms with E-state index in [-0.39, 0.29) is 0 Å². The van der Waals surface area contributed by atoms with E-state index in [1.54, 1.807) is 32.0 Å². The molecule has 0 saturated heterocycles. The molecule has 0 fully saturated rings. The Morgan fingerprint density at radius 2 is 2.24 bits per heavy atom. The molecule has 0 aliphatic heterocycles. The zero-order valence-electron chi connectivity index (χ0n) is 10.5. The van der Waals surface area contributed by atoms with E-state index in [2.05, 4.69) is 9.97 Å². The highest BCUT2D eigenvalue weighted by atomic mass is 16.5. The molecule has 0 amide bonds. The summed E-state index contributed by atoms with van der Waals surface area (Å²) in [5.74, 6) is 0.239. The van der Waals surface area contributed by atoms with Crippen molar-refractivity contribution in [1.29, 1.82) is 0 Å². The molecule has 0 bridgehead atoms. The Morgan fingerprint density at radius 3 is 2.76 bits per heavy atom. The molecule has 0 saturated carbocycles. The van der Waals surface area contributed by atoms with E-state index in [0.29, 0.717) is 18.2 Å². The maximum absolute atomic E-state index is 10.9. The van der Waals surface area contributed by atoms with Gasteiger partial charge in [-0.25, -0.2) is 14.8 Å². The van der Waals surface area contributed by atoms with Gasteiger partial charge in [0.2, 0.25) is 0 Å². The van der Waals surface area contributed by atoms with Gasteiger partial charge < -0.3 is 14.7 Å². The van der Waals surface area contributed by atoms with Crippen molar-refractivity contribution in [3.05, 3.63) is 17.6 Å². The van der Waals surface area contributed by atoms with Crippen molar-refractivity contribution in [2.75, 3.05) is 19.1 Å². The van der Waals surface area contributed by atoms with E-state index in [4.69, 9.17) is 9.84 Å². The molecule has 0 aromatic carbocycles. The Morgan fingerprint density at radius 1 is 1.59 bits per heavy atom. The lowest BCUT2D eigenvalue weighted by molar-refractivity contribution is -0.138. The van der Waals surface area contributed by atoms with E-state index in [1.807, 2.05) is 6.92 Å². The number of likely N-dealkylation sites (N-methyl/N-ethyl adjacent to an activating group) is 1. The average Bonchev–Trinajstić information content (AvgIpc) is 2.26. The fourth-order valence-corrected chi connectivity index (χ4v) is 1.35. The van der Waals surface area contributed by atoms with E-state index >= 15 is 0 Å². The summed E-state index contributed by atoms with van der Waals surface area (Å²) in [4.78, 5) is 20.9. The number of nitrogens with zero attached hydrogens (tertiary/aromatic N) is 3. The van der Waals surface area contributed by atoms with Gasteiger partial charge in [0.25, 0.3) is 0 Å². The second kappa shape index (κ2) is 5.58. The third-order valence-electron chi connectivity index (χ3n) is 2.46. The fourth-order valence-electron chi connectivity index (χ4n) is 1.35. The maximum atomic E-state index is 10.9. The number of aliphatic carboxylic acids is 1. The summed E-state index contributed by atoms with van der Waals surface area (Å²) in [6, 6.07) is 1.11. The number of carboxylic acids is 1. The van der Waals surface area contributed by atoms with E-state index < -0.39 is 12.0 Å². The lowest BCUT2D eigenvalue weighted by Crippen LogP contribution is -2.36. The number of anilines is 1. The molecule has 0 spiro atoms. The Hall–Kier alpha value is -1.69. The third-order valence-corrected chi connectivity index (χ3v) is 2.46. The quantitative estimate of drug-likeness (QED) is 0.820. The molecule has 6 nitrogen and oxygen atoms in total. The average molecular weight is 239 g/mol. The van der Waals surface area contributed by atoms with Gasteiger partial charge in [-0.15, -0.1) is 0 Å². The fraction of sp³-hybridized carbons (Fsp3) is 0.545. The maximum Gasteiger partial charge on any atom is 0.326 e. The first-order valence-corrected chi connectivity index (χ1v) is 5.25. The highest BCUT2D eigenvalue weighted by molar-refractivity contribution is 5.76. The van der Waals surface area contributed by atoms with Crippen LogP contribution in [0.2, 0.25) is 0 Å². The first kappa shape index (κ1) is 13.4. The molecule has 6 heteroatoms. The molecular weight excluding hydrogens is 222 g/mol. The van der Waals surface area contributed by atoms with Crippen LogP contribution in [0, 0.1) is 6.92 Å². The lowest BCUT2D eigenvalue weighted by atomic mass is 10.3. The van der Waals surface area contributed by atoms with Crippen LogP contribution in [0.1, 0.15) is 18.4 Å². The molecular formula is C11H17N3O3. The van der Waals surface area contributed by atoms with E-state index in [0.717, 1.165) is 5.69 Å². The molecule has 1 atom stereocenters. The largest absolute Gasteiger partial charge is 0.480 e. The number of carbonyl (C=O) groups is 1. The summed E-state index contributed by atoms with van der Waals surface area (Å²) in [5, 5.41) is 8.95. The van der Waals surface area contributed by atoms with Crippen LogP contribution in [0.15, 0.2) is 6.07 Å². The van der Waals surface area contributed by atoms with Gasteiger partial charge in [0.1, 0.15) is 18.5 Å². The minimum absolute atomic E-state index is 0.309. The number of hydrogen-bond acceptors (Lipinski definition) is 5. The summed E-state index contributed by atoms with van der Waals surface area (Å²) in [6.07, 6.45) is 0. The van der Waals surface area contributed by atoms with Gasteiger partial charge in [-0.1, -0.05) is 0 Å². The molecule has 0 aliphatic rings. The first-order valence-electron chi connectivity index (χ1n) is 5.25. The van der Waals surface area contributed by atoms with Crippen LogP contribution >= 0.6 is 0 Å². The monoisotopic (exact) mass is 239 g/mol. The number of aromatic nitrogens is 2. The van der Waals surface area contributed by atoms with Gasteiger partial charge in [-0.2, -0.15) is 0 Å². The SMILES string of the molecule is COCc1nc(C)cc(N(C)C(C)C(=O)O)n1. The Bertz CT molecular complexity index is 409. The topological polar surface area (TPSA) is 75.5 Å². The number of methoxy groups -OCH3 is 1. The summed E-state index contributed by atoms with van der Waals surface area (Å²) in [6.45, 7) is 3.75. The second-order valence-electron chi connectivity index (χ2n) is 3.84. The number of aryl methyl sites for hydroxylation is 1. The van der Waals surface area contributed by atoms with Crippen LogP contribution in [-0.4, -0.2) is 41.2 Å². The molecule has 17 heavy (non-hydrogen) atoms. The van der Waals surface area contributed by atoms with Gasteiger partial charge in [0, 0.05) is 25.9 Å². The van der Waals surface area contributed by atoms with Crippen LogP contribution < -0.4 is 4.90 Å². The lowest BCUT2D eigenvalue weighted by Gasteiger charge is -2.23.